The van der Waals surface area contributed by atoms with Crippen molar-refractivity contribution in [2.45, 2.75) is 57.9 Å². The van der Waals surface area contributed by atoms with Gasteiger partial charge in [-0.25, -0.2) is 4.98 Å². The molecule has 4 heteroatoms. The van der Waals surface area contributed by atoms with Crippen LogP contribution >= 0.6 is 0 Å². The molecular formula is C20H27N3O. The SMILES string of the molecule is CC(C)c1ccc([C@H]2CCCCN2C(=O)CCc2cnc[nH]2)cc1. The topological polar surface area (TPSA) is 49.0 Å². The number of imidazole rings is 1. The Bertz CT molecular complexity index is 646. The first-order valence-corrected chi connectivity index (χ1v) is 9.01. The number of amides is 1. The van der Waals surface area contributed by atoms with E-state index < -0.39 is 0 Å². The predicted molar refractivity (Wildman–Crippen MR) is 95.7 cm³/mol. The Kier molecular flexibility index (Phi) is 5.34. The zero-order valence-electron chi connectivity index (χ0n) is 14.7. The highest BCUT2D eigenvalue weighted by atomic mass is 16.2. The van der Waals surface area contributed by atoms with Gasteiger partial charge in [0.15, 0.2) is 0 Å². The van der Waals surface area contributed by atoms with Gasteiger partial charge in [-0.05, 0) is 42.7 Å². The van der Waals surface area contributed by atoms with Crippen LogP contribution in [0.3, 0.4) is 0 Å². The van der Waals surface area contributed by atoms with Gasteiger partial charge in [-0.1, -0.05) is 38.1 Å². The lowest BCUT2D eigenvalue weighted by molar-refractivity contribution is -0.135. The second kappa shape index (κ2) is 7.65. The summed E-state index contributed by atoms with van der Waals surface area (Å²) in [6, 6.07) is 9.07. The van der Waals surface area contributed by atoms with Gasteiger partial charge in [-0.15, -0.1) is 0 Å². The van der Waals surface area contributed by atoms with Crippen molar-refractivity contribution >= 4 is 5.91 Å². The third kappa shape index (κ3) is 3.86. The zero-order valence-corrected chi connectivity index (χ0v) is 14.7. The fraction of sp³-hybridized carbons (Fsp3) is 0.500. The Hall–Kier alpha value is -2.10. The molecule has 0 spiro atoms. The monoisotopic (exact) mass is 325 g/mol. The summed E-state index contributed by atoms with van der Waals surface area (Å²) in [7, 11) is 0. The van der Waals surface area contributed by atoms with E-state index in [0.29, 0.717) is 12.3 Å². The average Bonchev–Trinajstić information content (AvgIpc) is 3.13. The Morgan fingerprint density at radius 2 is 2.08 bits per heavy atom. The molecule has 2 aromatic rings. The molecule has 1 aromatic carbocycles. The molecule has 1 aliphatic heterocycles. The summed E-state index contributed by atoms with van der Waals surface area (Å²) in [6.07, 6.45) is 8.11. The molecule has 0 radical (unpaired) electrons. The molecule has 2 heterocycles. The van der Waals surface area contributed by atoms with E-state index >= 15 is 0 Å². The summed E-state index contributed by atoms with van der Waals surface area (Å²) in [5.74, 6) is 0.791. The minimum Gasteiger partial charge on any atom is -0.348 e. The van der Waals surface area contributed by atoms with E-state index in [-0.39, 0.29) is 11.9 Å². The minimum atomic E-state index is 0.231. The molecule has 128 valence electrons. The van der Waals surface area contributed by atoms with Gasteiger partial charge in [0.05, 0.1) is 12.4 Å². The van der Waals surface area contributed by atoms with Crippen LogP contribution < -0.4 is 0 Å². The second-order valence-corrected chi connectivity index (χ2v) is 7.00. The quantitative estimate of drug-likeness (QED) is 0.895. The highest BCUT2D eigenvalue weighted by Crippen LogP contribution is 2.32. The van der Waals surface area contributed by atoms with E-state index in [2.05, 4.69) is 53.0 Å². The molecule has 0 bridgehead atoms. The molecule has 1 N–H and O–H groups in total. The standard InChI is InChI=1S/C20H27N3O/c1-15(2)16-6-8-17(9-7-16)19-5-3-4-12-23(19)20(24)11-10-18-13-21-14-22-18/h6-9,13-15,19H,3-5,10-12H2,1-2H3,(H,21,22)/t19-/m1/s1. The summed E-state index contributed by atoms with van der Waals surface area (Å²) in [5.41, 5.74) is 3.65. The average molecular weight is 325 g/mol. The summed E-state index contributed by atoms with van der Waals surface area (Å²) < 4.78 is 0. The van der Waals surface area contributed by atoms with E-state index in [4.69, 9.17) is 0 Å². The Balaban J connectivity index is 1.69. The van der Waals surface area contributed by atoms with Crippen molar-refractivity contribution in [3.63, 3.8) is 0 Å². The Morgan fingerprint density at radius 1 is 1.29 bits per heavy atom. The van der Waals surface area contributed by atoms with Crippen LogP contribution in [0, 0.1) is 0 Å². The van der Waals surface area contributed by atoms with Gasteiger partial charge >= 0.3 is 0 Å². The fourth-order valence-electron chi connectivity index (χ4n) is 3.49. The van der Waals surface area contributed by atoms with E-state index in [1.807, 2.05) is 0 Å². The van der Waals surface area contributed by atoms with Gasteiger partial charge in [0.25, 0.3) is 0 Å². The molecule has 3 rings (SSSR count). The lowest BCUT2D eigenvalue weighted by Crippen LogP contribution is -2.38. The Morgan fingerprint density at radius 3 is 2.75 bits per heavy atom. The maximum absolute atomic E-state index is 12.7. The second-order valence-electron chi connectivity index (χ2n) is 7.00. The van der Waals surface area contributed by atoms with Gasteiger partial charge in [-0.2, -0.15) is 0 Å². The van der Waals surface area contributed by atoms with Crippen LogP contribution in [0.25, 0.3) is 0 Å². The van der Waals surface area contributed by atoms with Crippen molar-refractivity contribution in [3.8, 4) is 0 Å². The van der Waals surface area contributed by atoms with E-state index in [1.165, 1.54) is 17.5 Å². The number of piperidine rings is 1. The molecule has 1 fully saturated rings. The third-order valence-corrected chi connectivity index (χ3v) is 4.97. The van der Waals surface area contributed by atoms with Gasteiger partial charge in [0, 0.05) is 24.9 Å². The minimum absolute atomic E-state index is 0.231. The largest absolute Gasteiger partial charge is 0.348 e. The van der Waals surface area contributed by atoms with Crippen LogP contribution in [-0.4, -0.2) is 27.3 Å². The van der Waals surface area contributed by atoms with Gasteiger partial charge < -0.3 is 9.88 Å². The molecule has 24 heavy (non-hydrogen) atoms. The first-order chi connectivity index (χ1) is 11.6. The molecular weight excluding hydrogens is 298 g/mol. The normalized spacial score (nSPS) is 18.1. The number of carbonyl (C=O) groups excluding carboxylic acids is 1. The third-order valence-electron chi connectivity index (χ3n) is 4.97. The first kappa shape index (κ1) is 16.7. The van der Waals surface area contributed by atoms with E-state index in [9.17, 15) is 4.79 Å². The van der Waals surface area contributed by atoms with Crippen molar-refractivity contribution in [2.75, 3.05) is 6.54 Å². The number of carbonyl (C=O) groups is 1. The number of aryl methyl sites for hydroxylation is 1. The number of nitrogens with zero attached hydrogens (tertiary/aromatic N) is 2. The van der Waals surface area contributed by atoms with Gasteiger partial charge in [0.2, 0.25) is 5.91 Å². The molecule has 0 unspecified atom stereocenters. The number of likely N-dealkylation sites (tertiary alicyclic amines) is 1. The number of hydrogen-bond acceptors (Lipinski definition) is 2. The number of aromatic nitrogens is 2. The summed E-state index contributed by atoms with van der Waals surface area (Å²) in [4.78, 5) is 21.9. The molecule has 0 saturated carbocycles. The number of nitrogens with one attached hydrogen (secondary N) is 1. The summed E-state index contributed by atoms with van der Waals surface area (Å²) in [5, 5.41) is 0. The number of benzene rings is 1. The van der Waals surface area contributed by atoms with Crippen molar-refractivity contribution < 1.29 is 4.79 Å². The molecule has 1 atom stereocenters. The highest BCUT2D eigenvalue weighted by molar-refractivity contribution is 5.77. The lowest BCUT2D eigenvalue weighted by Gasteiger charge is -2.36. The van der Waals surface area contributed by atoms with Crippen LogP contribution in [0.4, 0.5) is 0 Å². The molecule has 1 saturated heterocycles. The van der Waals surface area contributed by atoms with E-state index in [0.717, 1.165) is 31.5 Å². The van der Waals surface area contributed by atoms with Gasteiger partial charge in [0.1, 0.15) is 0 Å². The molecule has 1 aromatic heterocycles. The lowest BCUT2D eigenvalue weighted by atomic mass is 9.92. The molecule has 1 aliphatic rings. The van der Waals surface area contributed by atoms with Gasteiger partial charge in [-0.3, -0.25) is 4.79 Å². The van der Waals surface area contributed by atoms with Crippen LogP contribution in [0.15, 0.2) is 36.8 Å². The van der Waals surface area contributed by atoms with Crippen molar-refractivity contribution in [3.05, 3.63) is 53.6 Å². The van der Waals surface area contributed by atoms with Crippen molar-refractivity contribution in [1.82, 2.24) is 14.9 Å². The maximum atomic E-state index is 12.7. The van der Waals surface area contributed by atoms with Crippen LogP contribution in [0.5, 0.6) is 0 Å². The summed E-state index contributed by atoms with van der Waals surface area (Å²) in [6.45, 7) is 5.29. The fourth-order valence-corrected chi connectivity index (χ4v) is 3.49. The first-order valence-electron chi connectivity index (χ1n) is 9.01. The number of H-pyrrole nitrogens is 1. The number of aromatic amines is 1. The smallest absolute Gasteiger partial charge is 0.223 e. The summed E-state index contributed by atoms with van der Waals surface area (Å²) >= 11 is 0. The number of hydrogen-bond donors (Lipinski definition) is 1. The maximum Gasteiger partial charge on any atom is 0.223 e. The number of rotatable bonds is 5. The Labute approximate surface area is 144 Å². The van der Waals surface area contributed by atoms with Crippen LogP contribution in [0.2, 0.25) is 0 Å². The highest BCUT2D eigenvalue weighted by Gasteiger charge is 2.27. The van der Waals surface area contributed by atoms with Crippen molar-refractivity contribution in [2.24, 2.45) is 0 Å². The molecule has 1 amide bonds. The van der Waals surface area contributed by atoms with Crippen LogP contribution in [0.1, 0.15) is 68.3 Å². The van der Waals surface area contributed by atoms with E-state index in [1.54, 1.807) is 12.5 Å². The molecule has 4 nitrogen and oxygen atoms in total. The van der Waals surface area contributed by atoms with Crippen molar-refractivity contribution in [1.29, 1.82) is 0 Å². The predicted octanol–water partition coefficient (Wildman–Crippen LogP) is 4.22. The molecule has 0 aliphatic carbocycles. The zero-order chi connectivity index (χ0) is 16.9. The van der Waals surface area contributed by atoms with Crippen LogP contribution in [-0.2, 0) is 11.2 Å².